The van der Waals surface area contributed by atoms with E-state index in [-0.39, 0.29) is 11.7 Å². The lowest BCUT2D eigenvalue weighted by molar-refractivity contribution is 0.0746. The first-order valence-electron chi connectivity index (χ1n) is 12.1. The first-order chi connectivity index (χ1) is 18.0. The molecular weight excluding hydrogens is 489 g/mol. The first-order valence-corrected chi connectivity index (χ1v) is 13.1. The number of methoxy groups -OCH3 is 1. The summed E-state index contributed by atoms with van der Waals surface area (Å²) in [4.78, 5) is 16.9. The molecule has 1 aliphatic heterocycles. The standard InChI is InChI=1S/C28H28FN5O2S/c1-20-30-31-28(34(20)23-11-13-24(36-2)14-12-23)37-19-21-7-9-22(10-8-21)27(35)33-17-15-32(16-18-33)26-6-4-3-5-25(26)29/h3-14H,15-19H2,1-2H3. The summed E-state index contributed by atoms with van der Waals surface area (Å²) in [6.07, 6.45) is 0. The van der Waals surface area contributed by atoms with Gasteiger partial charge in [0.25, 0.3) is 5.91 Å². The summed E-state index contributed by atoms with van der Waals surface area (Å²) < 4.78 is 21.4. The number of benzene rings is 3. The van der Waals surface area contributed by atoms with Crippen LogP contribution in [0.15, 0.2) is 78.0 Å². The Morgan fingerprint density at radius 1 is 0.946 bits per heavy atom. The van der Waals surface area contributed by atoms with Crippen LogP contribution in [0.1, 0.15) is 21.7 Å². The van der Waals surface area contributed by atoms with Crippen LogP contribution < -0.4 is 9.64 Å². The lowest BCUT2D eigenvalue weighted by Gasteiger charge is -2.36. The highest BCUT2D eigenvalue weighted by Gasteiger charge is 2.23. The molecule has 2 heterocycles. The van der Waals surface area contributed by atoms with Gasteiger partial charge in [0.1, 0.15) is 17.4 Å². The van der Waals surface area contributed by atoms with Gasteiger partial charge in [-0.05, 0) is 61.0 Å². The van der Waals surface area contributed by atoms with E-state index in [4.69, 9.17) is 4.74 Å². The lowest BCUT2D eigenvalue weighted by Crippen LogP contribution is -2.49. The number of para-hydroxylation sites is 1. The van der Waals surface area contributed by atoms with Crippen molar-refractivity contribution in [3.63, 3.8) is 0 Å². The molecule has 1 amide bonds. The molecule has 37 heavy (non-hydrogen) atoms. The van der Waals surface area contributed by atoms with Crippen LogP contribution in [-0.2, 0) is 5.75 Å². The number of thioether (sulfide) groups is 1. The second kappa shape index (κ2) is 11.0. The molecule has 9 heteroatoms. The molecule has 0 radical (unpaired) electrons. The number of aromatic nitrogens is 3. The zero-order valence-corrected chi connectivity index (χ0v) is 21.6. The zero-order valence-electron chi connectivity index (χ0n) is 20.8. The third-order valence-corrected chi connectivity index (χ3v) is 7.45. The molecule has 5 rings (SSSR count). The Bertz CT molecular complexity index is 1370. The predicted molar refractivity (Wildman–Crippen MR) is 143 cm³/mol. The van der Waals surface area contributed by atoms with Gasteiger partial charge in [0.2, 0.25) is 0 Å². The normalized spacial score (nSPS) is 13.6. The van der Waals surface area contributed by atoms with Crippen molar-refractivity contribution in [2.75, 3.05) is 38.2 Å². The minimum Gasteiger partial charge on any atom is -0.497 e. The summed E-state index contributed by atoms with van der Waals surface area (Å²) in [6, 6.07) is 22.3. The molecular formula is C28H28FN5O2S. The maximum atomic E-state index is 14.1. The summed E-state index contributed by atoms with van der Waals surface area (Å²) in [7, 11) is 1.65. The van der Waals surface area contributed by atoms with Gasteiger partial charge in [0, 0.05) is 43.2 Å². The summed E-state index contributed by atoms with van der Waals surface area (Å²) in [5.74, 6) is 2.08. The smallest absolute Gasteiger partial charge is 0.253 e. The van der Waals surface area contributed by atoms with Crippen LogP contribution in [0.4, 0.5) is 10.1 Å². The van der Waals surface area contributed by atoms with Crippen LogP contribution >= 0.6 is 11.8 Å². The van der Waals surface area contributed by atoms with E-state index in [1.54, 1.807) is 31.0 Å². The maximum absolute atomic E-state index is 14.1. The van der Waals surface area contributed by atoms with E-state index >= 15 is 0 Å². The molecule has 190 valence electrons. The fourth-order valence-corrected chi connectivity index (χ4v) is 5.35. The van der Waals surface area contributed by atoms with Gasteiger partial charge < -0.3 is 14.5 Å². The monoisotopic (exact) mass is 517 g/mol. The molecule has 0 saturated carbocycles. The first kappa shape index (κ1) is 24.8. The number of hydrogen-bond acceptors (Lipinski definition) is 6. The fourth-order valence-electron chi connectivity index (χ4n) is 4.40. The minimum absolute atomic E-state index is 0.00209. The number of nitrogens with zero attached hydrogens (tertiary/aromatic N) is 5. The number of aryl methyl sites for hydroxylation is 1. The van der Waals surface area contributed by atoms with Crippen LogP contribution in [0.5, 0.6) is 5.75 Å². The number of carbonyl (C=O) groups excluding carboxylic acids is 1. The molecule has 0 atom stereocenters. The van der Waals surface area contributed by atoms with Crippen LogP contribution in [0, 0.1) is 12.7 Å². The van der Waals surface area contributed by atoms with E-state index in [0.29, 0.717) is 43.2 Å². The van der Waals surface area contributed by atoms with E-state index in [9.17, 15) is 9.18 Å². The van der Waals surface area contributed by atoms with E-state index in [2.05, 4.69) is 10.2 Å². The van der Waals surface area contributed by atoms with Crippen molar-refractivity contribution in [2.24, 2.45) is 0 Å². The molecule has 1 fully saturated rings. The number of carbonyl (C=O) groups is 1. The second-order valence-electron chi connectivity index (χ2n) is 8.78. The number of piperazine rings is 1. The topological polar surface area (TPSA) is 63.5 Å². The highest BCUT2D eigenvalue weighted by molar-refractivity contribution is 7.98. The Kier molecular flexibility index (Phi) is 7.41. The molecule has 1 saturated heterocycles. The van der Waals surface area contributed by atoms with Gasteiger partial charge in [0.15, 0.2) is 5.16 Å². The third kappa shape index (κ3) is 5.46. The van der Waals surface area contributed by atoms with Gasteiger partial charge in [-0.15, -0.1) is 10.2 Å². The molecule has 0 aliphatic carbocycles. The summed E-state index contributed by atoms with van der Waals surface area (Å²) >= 11 is 1.59. The summed E-state index contributed by atoms with van der Waals surface area (Å²) in [6.45, 7) is 4.26. The van der Waals surface area contributed by atoms with Gasteiger partial charge in [-0.25, -0.2) is 4.39 Å². The molecule has 1 aromatic heterocycles. The molecule has 0 N–H and O–H groups in total. The van der Waals surface area contributed by atoms with Gasteiger partial charge >= 0.3 is 0 Å². The summed E-state index contributed by atoms with van der Waals surface area (Å²) in [5, 5.41) is 9.40. The molecule has 7 nitrogen and oxygen atoms in total. The van der Waals surface area contributed by atoms with Gasteiger partial charge in [0.05, 0.1) is 12.8 Å². The molecule has 0 spiro atoms. The number of amides is 1. The number of halogens is 1. The van der Waals surface area contributed by atoms with Crippen molar-refractivity contribution in [2.45, 2.75) is 17.8 Å². The van der Waals surface area contributed by atoms with Crippen molar-refractivity contribution in [3.05, 3.63) is 95.6 Å². The van der Waals surface area contributed by atoms with E-state index in [1.807, 2.05) is 75.9 Å². The Balaban J connectivity index is 1.19. The third-order valence-electron chi connectivity index (χ3n) is 6.45. The average molecular weight is 518 g/mol. The SMILES string of the molecule is COc1ccc(-n2c(C)nnc2SCc2ccc(C(=O)N3CCN(c4ccccc4F)CC3)cc2)cc1. The van der Waals surface area contributed by atoms with Crippen molar-refractivity contribution in [1.29, 1.82) is 0 Å². The molecule has 0 unspecified atom stereocenters. The number of anilines is 1. The van der Waals surface area contributed by atoms with E-state index in [1.165, 1.54) is 6.07 Å². The van der Waals surface area contributed by atoms with Crippen LogP contribution in [0.2, 0.25) is 0 Å². The Morgan fingerprint density at radius 3 is 2.32 bits per heavy atom. The highest BCUT2D eigenvalue weighted by Crippen LogP contribution is 2.27. The minimum atomic E-state index is -0.229. The van der Waals surface area contributed by atoms with Crippen LogP contribution in [-0.4, -0.2) is 58.9 Å². The van der Waals surface area contributed by atoms with Crippen molar-refractivity contribution >= 4 is 23.4 Å². The Hall–Kier alpha value is -3.85. The van der Waals surface area contributed by atoms with Crippen LogP contribution in [0.25, 0.3) is 5.69 Å². The molecule has 3 aromatic carbocycles. The largest absolute Gasteiger partial charge is 0.497 e. The Labute approximate surface area is 219 Å². The lowest BCUT2D eigenvalue weighted by atomic mass is 10.1. The fraction of sp³-hybridized carbons (Fsp3) is 0.250. The van der Waals surface area contributed by atoms with E-state index in [0.717, 1.165) is 28.0 Å². The van der Waals surface area contributed by atoms with Crippen LogP contribution in [0.3, 0.4) is 0 Å². The maximum Gasteiger partial charge on any atom is 0.253 e. The number of ether oxygens (including phenoxy) is 1. The van der Waals surface area contributed by atoms with E-state index < -0.39 is 0 Å². The van der Waals surface area contributed by atoms with Crippen molar-refractivity contribution in [1.82, 2.24) is 19.7 Å². The van der Waals surface area contributed by atoms with Crippen molar-refractivity contribution in [3.8, 4) is 11.4 Å². The quantitative estimate of drug-likeness (QED) is 0.322. The molecule has 0 bridgehead atoms. The molecule has 1 aliphatic rings. The molecule has 4 aromatic rings. The highest BCUT2D eigenvalue weighted by atomic mass is 32.2. The Morgan fingerprint density at radius 2 is 1.65 bits per heavy atom. The van der Waals surface area contributed by atoms with Gasteiger partial charge in [-0.3, -0.25) is 9.36 Å². The second-order valence-corrected chi connectivity index (χ2v) is 9.72. The zero-order chi connectivity index (χ0) is 25.8. The number of hydrogen-bond donors (Lipinski definition) is 0. The predicted octanol–water partition coefficient (Wildman–Crippen LogP) is 4.98. The summed E-state index contributed by atoms with van der Waals surface area (Å²) in [5.41, 5.74) is 3.31. The number of rotatable bonds is 7. The average Bonchev–Trinajstić information content (AvgIpc) is 3.32. The van der Waals surface area contributed by atoms with Gasteiger partial charge in [-0.1, -0.05) is 36.0 Å². The van der Waals surface area contributed by atoms with Gasteiger partial charge in [-0.2, -0.15) is 0 Å². The van der Waals surface area contributed by atoms with Crippen molar-refractivity contribution < 1.29 is 13.9 Å².